The van der Waals surface area contributed by atoms with Gasteiger partial charge in [0.1, 0.15) is 0 Å². The van der Waals surface area contributed by atoms with Gasteiger partial charge in [0, 0.05) is 12.1 Å². The van der Waals surface area contributed by atoms with E-state index in [-0.39, 0.29) is 5.92 Å². The fourth-order valence-corrected chi connectivity index (χ4v) is 1.22. The summed E-state index contributed by atoms with van der Waals surface area (Å²) in [6, 6.07) is 0. The largest absolute Gasteiger partial charge is 0.396 e. The summed E-state index contributed by atoms with van der Waals surface area (Å²) >= 11 is 0. The first-order valence-electron chi connectivity index (χ1n) is 5.12. The first kappa shape index (κ1) is 13.6. The number of hydrogen-bond donors (Lipinski definition) is 2. The molecule has 2 atom stereocenters. The molecule has 0 aliphatic heterocycles. The van der Waals surface area contributed by atoms with Crippen LogP contribution in [0.3, 0.4) is 0 Å². The zero-order chi connectivity index (χ0) is 12.0. The van der Waals surface area contributed by atoms with Crippen molar-refractivity contribution in [3.63, 3.8) is 0 Å². The number of nitrogens with zero attached hydrogens (tertiary/aromatic N) is 1. The highest BCUT2D eigenvalue weighted by Crippen LogP contribution is 2.23. The maximum absolute atomic E-state index is 7.52. The van der Waals surface area contributed by atoms with Crippen LogP contribution >= 0.6 is 0 Å². The van der Waals surface area contributed by atoms with E-state index in [1.54, 1.807) is 13.1 Å². The van der Waals surface area contributed by atoms with Gasteiger partial charge in [-0.1, -0.05) is 19.9 Å². The Hall–Kier alpha value is -1.38. The first-order valence-corrected chi connectivity index (χ1v) is 5.12. The number of rotatable bonds is 5. The summed E-state index contributed by atoms with van der Waals surface area (Å²) in [5, 5.41) is 7.52. The van der Waals surface area contributed by atoms with Gasteiger partial charge in [-0.2, -0.15) is 0 Å². The Bertz CT molecular complexity index is 300. The molecule has 0 aromatic carbocycles. The van der Waals surface area contributed by atoms with Gasteiger partial charge in [-0.25, -0.2) is 0 Å². The van der Waals surface area contributed by atoms with Crippen molar-refractivity contribution >= 4 is 11.9 Å². The third-order valence-electron chi connectivity index (χ3n) is 2.54. The molecule has 84 valence electrons. The van der Waals surface area contributed by atoms with E-state index in [4.69, 9.17) is 11.1 Å². The Kier molecular flexibility index (Phi) is 5.60. The second-order valence-electron chi connectivity index (χ2n) is 3.69. The molecule has 0 saturated carbocycles. The van der Waals surface area contributed by atoms with Gasteiger partial charge in [0.2, 0.25) is 0 Å². The maximum Gasteiger partial charge on any atom is 0.0744 e. The molecule has 0 spiro atoms. The summed E-state index contributed by atoms with van der Waals surface area (Å²) in [6.45, 7) is 11.4. The molecule has 0 rings (SSSR count). The van der Waals surface area contributed by atoms with Crippen LogP contribution in [-0.4, -0.2) is 11.9 Å². The standard InChI is InChI=1S/C12H21N3/c1-6-8(3)9(4)12(15-7-2)11(14)10(5)13/h6-9,13H,1,14H2,2-5H3/b12-11+,13-10?,15-7?. The minimum absolute atomic E-state index is 0.180. The zero-order valence-electron chi connectivity index (χ0n) is 10.0. The molecule has 0 heterocycles. The van der Waals surface area contributed by atoms with E-state index in [0.29, 0.717) is 17.3 Å². The predicted octanol–water partition coefficient (Wildman–Crippen LogP) is 2.75. The monoisotopic (exact) mass is 207 g/mol. The van der Waals surface area contributed by atoms with Crippen LogP contribution in [0.4, 0.5) is 0 Å². The van der Waals surface area contributed by atoms with Crippen molar-refractivity contribution in [2.24, 2.45) is 22.6 Å². The predicted molar refractivity (Wildman–Crippen MR) is 67.3 cm³/mol. The van der Waals surface area contributed by atoms with Crippen LogP contribution in [0.15, 0.2) is 29.0 Å². The van der Waals surface area contributed by atoms with Gasteiger partial charge < -0.3 is 11.1 Å². The van der Waals surface area contributed by atoms with E-state index in [1.165, 1.54) is 0 Å². The molecule has 0 amide bonds. The average molecular weight is 207 g/mol. The second-order valence-corrected chi connectivity index (χ2v) is 3.69. The minimum Gasteiger partial charge on any atom is -0.396 e. The van der Waals surface area contributed by atoms with Crippen LogP contribution in [0, 0.1) is 17.2 Å². The lowest BCUT2D eigenvalue weighted by Gasteiger charge is -2.18. The fourth-order valence-electron chi connectivity index (χ4n) is 1.22. The van der Waals surface area contributed by atoms with Gasteiger partial charge in [0.25, 0.3) is 0 Å². The summed E-state index contributed by atoms with van der Waals surface area (Å²) in [6.07, 6.45) is 3.58. The average Bonchev–Trinajstić information content (AvgIpc) is 2.22. The first-order chi connectivity index (χ1) is 6.95. The third-order valence-corrected chi connectivity index (χ3v) is 2.54. The van der Waals surface area contributed by atoms with Crippen LogP contribution in [0.25, 0.3) is 0 Å². The van der Waals surface area contributed by atoms with Crippen molar-refractivity contribution < 1.29 is 0 Å². The molecular formula is C12H21N3. The lowest BCUT2D eigenvalue weighted by atomic mass is 9.91. The molecule has 0 aliphatic carbocycles. The van der Waals surface area contributed by atoms with E-state index >= 15 is 0 Å². The van der Waals surface area contributed by atoms with Crippen molar-refractivity contribution in [3.8, 4) is 0 Å². The van der Waals surface area contributed by atoms with Gasteiger partial charge in [0.15, 0.2) is 0 Å². The summed E-state index contributed by atoms with van der Waals surface area (Å²) in [4.78, 5) is 4.26. The molecule has 0 aliphatic rings. The molecule has 3 heteroatoms. The van der Waals surface area contributed by atoms with Crippen molar-refractivity contribution in [3.05, 3.63) is 24.0 Å². The number of allylic oxidation sites excluding steroid dienone is 3. The smallest absolute Gasteiger partial charge is 0.0744 e. The highest BCUT2D eigenvalue weighted by Gasteiger charge is 2.17. The van der Waals surface area contributed by atoms with Crippen LogP contribution < -0.4 is 5.73 Å². The summed E-state index contributed by atoms with van der Waals surface area (Å²) < 4.78 is 0. The molecule has 0 aromatic rings. The van der Waals surface area contributed by atoms with Gasteiger partial charge in [0.05, 0.1) is 17.1 Å². The molecule has 15 heavy (non-hydrogen) atoms. The quantitative estimate of drug-likeness (QED) is 0.528. The van der Waals surface area contributed by atoms with E-state index in [9.17, 15) is 0 Å². The number of hydrogen-bond acceptors (Lipinski definition) is 3. The lowest BCUT2D eigenvalue weighted by molar-refractivity contribution is 0.523. The van der Waals surface area contributed by atoms with Crippen molar-refractivity contribution in [1.82, 2.24) is 0 Å². The molecule has 0 aromatic heterocycles. The number of nitrogens with two attached hydrogens (primary N) is 1. The molecule has 0 bridgehead atoms. The SMILES string of the molecule is C=CC(C)C(C)/C(N=CC)=C(\N)C(C)=N. The van der Waals surface area contributed by atoms with E-state index in [2.05, 4.69) is 18.5 Å². The van der Waals surface area contributed by atoms with E-state index in [0.717, 1.165) is 5.70 Å². The van der Waals surface area contributed by atoms with Crippen molar-refractivity contribution in [2.75, 3.05) is 0 Å². The number of aliphatic imine (C=N–C) groups is 1. The Morgan fingerprint density at radius 2 is 2.00 bits per heavy atom. The van der Waals surface area contributed by atoms with Crippen LogP contribution in [0.1, 0.15) is 27.7 Å². The molecule has 0 saturated heterocycles. The Morgan fingerprint density at radius 3 is 2.33 bits per heavy atom. The Morgan fingerprint density at radius 1 is 1.47 bits per heavy atom. The second kappa shape index (κ2) is 6.17. The summed E-state index contributed by atoms with van der Waals surface area (Å²) in [7, 11) is 0. The van der Waals surface area contributed by atoms with E-state index in [1.807, 2.05) is 19.9 Å². The molecular weight excluding hydrogens is 186 g/mol. The van der Waals surface area contributed by atoms with Gasteiger partial charge in [-0.05, 0) is 19.8 Å². The molecule has 0 radical (unpaired) electrons. The van der Waals surface area contributed by atoms with Gasteiger partial charge in [-0.3, -0.25) is 4.99 Å². The van der Waals surface area contributed by atoms with Crippen LogP contribution in [-0.2, 0) is 0 Å². The maximum atomic E-state index is 7.52. The van der Waals surface area contributed by atoms with Crippen LogP contribution in [0.2, 0.25) is 0 Å². The normalized spacial score (nSPS) is 17.1. The number of nitrogens with one attached hydrogen (secondary N) is 1. The third kappa shape index (κ3) is 3.70. The summed E-state index contributed by atoms with van der Waals surface area (Å²) in [5.41, 5.74) is 7.45. The van der Waals surface area contributed by atoms with Crippen LogP contribution in [0.5, 0.6) is 0 Å². The topological polar surface area (TPSA) is 62.2 Å². The molecule has 0 fully saturated rings. The minimum atomic E-state index is 0.180. The Balaban J connectivity index is 5.22. The zero-order valence-corrected chi connectivity index (χ0v) is 10.0. The van der Waals surface area contributed by atoms with Gasteiger partial charge in [-0.15, -0.1) is 6.58 Å². The van der Waals surface area contributed by atoms with Crippen molar-refractivity contribution in [1.29, 1.82) is 5.41 Å². The lowest BCUT2D eigenvalue weighted by Crippen LogP contribution is -2.17. The highest BCUT2D eigenvalue weighted by molar-refractivity contribution is 5.95. The van der Waals surface area contributed by atoms with Crippen molar-refractivity contribution in [2.45, 2.75) is 27.7 Å². The highest BCUT2D eigenvalue weighted by atomic mass is 14.8. The molecule has 2 unspecified atom stereocenters. The fraction of sp³-hybridized carbons (Fsp3) is 0.500. The van der Waals surface area contributed by atoms with E-state index < -0.39 is 0 Å². The molecule has 3 N–H and O–H groups in total. The van der Waals surface area contributed by atoms with Gasteiger partial charge >= 0.3 is 0 Å². The summed E-state index contributed by atoms with van der Waals surface area (Å²) in [5.74, 6) is 0.473. The Labute approximate surface area is 92.3 Å². The molecule has 3 nitrogen and oxygen atoms in total.